The highest BCUT2D eigenvalue weighted by Crippen LogP contribution is 2.31. The van der Waals surface area contributed by atoms with Crippen LogP contribution in [0.1, 0.15) is 149 Å². The summed E-state index contributed by atoms with van der Waals surface area (Å²) in [5, 5.41) is 26.9. The minimum absolute atomic E-state index is 0. The summed E-state index contributed by atoms with van der Waals surface area (Å²) in [4.78, 5) is 76.1. The predicted molar refractivity (Wildman–Crippen MR) is 311 cm³/mol. The Morgan fingerprint density at radius 1 is 0.564 bits per heavy atom. The number of methoxy groups -OCH3 is 2. The molecule has 6 aromatic carbocycles. The second-order valence-corrected chi connectivity index (χ2v) is 20.8. The Morgan fingerprint density at radius 3 is 1.37 bits per heavy atom. The number of hydrazine groups is 2. The van der Waals surface area contributed by atoms with Gasteiger partial charge in [0.2, 0.25) is 0 Å². The van der Waals surface area contributed by atoms with E-state index >= 15 is 0 Å². The van der Waals surface area contributed by atoms with Crippen molar-refractivity contribution in [3.8, 4) is 11.5 Å². The first-order valence-electron chi connectivity index (χ1n) is 25.0. The maximum atomic E-state index is 14.3. The minimum Gasteiger partial charge on any atom is -0.496 e. The lowest BCUT2D eigenvalue weighted by atomic mass is 10.0. The van der Waals surface area contributed by atoms with Gasteiger partial charge in [-0.3, -0.25) is 44.8 Å². The molecule has 0 heterocycles. The molecule has 16 nitrogen and oxygen atoms in total. The third kappa shape index (κ3) is 16.5. The molecule has 1 N–H and O–H groups in total. The number of halogens is 1. The molecular weight excluding hydrogens is 1060 g/mol. The molecule has 0 saturated heterocycles. The van der Waals surface area contributed by atoms with Crippen LogP contribution in [-0.2, 0) is 24.7 Å². The molecule has 0 aromatic heterocycles. The lowest BCUT2D eigenvalue weighted by Gasteiger charge is -2.43. The largest absolute Gasteiger partial charge is 0.496 e. The van der Waals surface area contributed by atoms with Gasteiger partial charge in [0.15, 0.2) is 0 Å². The fraction of sp³-hybridized carbons (Fsp3) is 0.344. The number of benzene rings is 6. The van der Waals surface area contributed by atoms with Crippen LogP contribution in [-0.4, -0.2) is 73.8 Å². The lowest BCUT2D eigenvalue weighted by molar-refractivity contribution is -0.385. The van der Waals surface area contributed by atoms with Crippen LogP contribution < -0.4 is 14.9 Å². The number of amides is 4. The Morgan fingerprint density at radius 2 is 0.974 bits per heavy atom. The van der Waals surface area contributed by atoms with Crippen LogP contribution in [0.4, 0.5) is 11.4 Å². The van der Waals surface area contributed by atoms with E-state index in [4.69, 9.17) is 9.47 Å². The average molecular weight is 1130 g/mol. The molecule has 0 spiro atoms. The van der Waals surface area contributed by atoms with Gasteiger partial charge in [0, 0.05) is 56.4 Å². The third-order valence-corrected chi connectivity index (χ3v) is 12.7. The highest BCUT2D eigenvalue weighted by molar-refractivity contribution is 9.08. The first kappa shape index (κ1) is 64.4. The molecule has 0 unspecified atom stereocenters. The SMILES string of the molecule is C.CCc1c(OC)cccc1C(=O)N(Cc1ccccc1[N+](=O)[O-])N(C(=O)c1cc(C)cc(C)c1)C(C)(C)C.CCc1c(OC)cccc1C(=O)NN(C(=O)c1cc(C)cc(C)c1)C(C)(C)C.O=[N+]([O-])c1ccccc1CBr. The van der Waals surface area contributed by atoms with E-state index in [9.17, 15) is 39.4 Å². The maximum absolute atomic E-state index is 14.3. The summed E-state index contributed by atoms with van der Waals surface area (Å²) in [6.45, 7) is 22.6. The summed E-state index contributed by atoms with van der Waals surface area (Å²) in [6, 6.07) is 34.7. The van der Waals surface area contributed by atoms with E-state index in [-0.39, 0.29) is 48.0 Å². The van der Waals surface area contributed by atoms with Crippen LogP contribution in [0.3, 0.4) is 0 Å². The van der Waals surface area contributed by atoms with Gasteiger partial charge in [0.1, 0.15) is 11.5 Å². The van der Waals surface area contributed by atoms with Gasteiger partial charge >= 0.3 is 0 Å². The van der Waals surface area contributed by atoms with E-state index in [1.54, 1.807) is 93.1 Å². The van der Waals surface area contributed by atoms with Crippen molar-refractivity contribution in [2.75, 3.05) is 14.2 Å². The number of alkyl halides is 1. The van der Waals surface area contributed by atoms with Crippen molar-refractivity contribution >= 4 is 50.9 Å². The van der Waals surface area contributed by atoms with Crippen LogP contribution in [0.5, 0.6) is 11.5 Å². The number of carbonyl (C=O) groups is 4. The topological polar surface area (TPSA) is 195 Å². The molecule has 0 aliphatic rings. The average Bonchev–Trinajstić information content (AvgIpc) is 3.37. The number of aryl methyl sites for hydroxylation is 4. The van der Waals surface area contributed by atoms with Crippen LogP contribution in [0.25, 0.3) is 0 Å². The number of para-hydroxylation sites is 2. The molecule has 6 aromatic rings. The molecule has 0 atom stereocenters. The minimum atomic E-state index is -0.848. The van der Waals surface area contributed by atoms with Gasteiger partial charge in [0.25, 0.3) is 35.0 Å². The number of hydrogen-bond acceptors (Lipinski definition) is 10. The smallest absolute Gasteiger partial charge is 0.274 e. The molecule has 0 radical (unpaired) electrons. The van der Waals surface area contributed by atoms with E-state index in [1.165, 1.54) is 27.2 Å². The molecule has 0 aliphatic carbocycles. The maximum Gasteiger partial charge on any atom is 0.274 e. The molecule has 17 heteroatoms. The molecule has 0 fully saturated rings. The monoisotopic (exact) mass is 1130 g/mol. The zero-order valence-electron chi connectivity index (χ0n) is 46.6. The number of rotatable bonds is 13. The Kier molecular flexibility index (Phi) is 23.5. The highest BCUT2D eigenvalue weighted by Gasteiger charge is 2.38. The number of carbonyl (C=O) groups excluding carboxylic acids is 4. The standard InChI is InChI=1S/C30H35N3O5.C23H30N2O3.C7H6BrNO2.CH4/c1-8-24-25(13-11-15-27(24)38-7)29(35)31(19-22-12-9-10-14-26(22)33(36)37)32(30(4,5)6)28(34)23-17-20(2)16-21(3)18-23;1-8-18-19(10-9-11-20(18)28-7)21(26)24-25(23(4,5)6)22(27)17-13-15(2)12-16(3)14-17;8-5-6-3-1-2-4-7(6)9(10)11;/h9-18H,8,19H2,1-7H3;9-14H,8H2,1-7H3,(H,24,26);1-4H,5H2;1H4. The number of hydrogen-bond donors (Lipinski definition) is 1. The first-order chi connectivity index (χ1) is 36.2. The molecule has 0 saturated carbocycles. The van der Waals surface area contributed by atoms with E-state index < -0.39 is 21.9 Å². The Balaban J connectivity index is 0.000000349. The van der Waals surface area contributed by atoms with Gasteiger partial charge in [-0.05, 0) is 131 Å². The van der Waals surface area contributed by atoms with Crippen molar-refractivity contribution in [2.45, 2.75) is 126 Å². The number of nitro benzene ring substituents is 2. The van der Waals surface area contributed by atoms with Crippen LogP contribution >= 0.6 is 15.9 Å². The summed E-state index contributed by atoms with van der Waals surface area (Å²) >= 11 is 3.17. The van der Waals surface area contributed by atoms with Crippen LogP contribution in [0, 0.1) is 47.9 Å². The van der Waals surface area contributed by atoms with Gasteiger partial charge in [-0.1, -0.05) is 120 Å². The zero-order valence-corrected chi connectivity index (χ0v) is 48.2. The summed E-state index contributed by atoms with van der Waals surface area (Å²) in [5.41, 5.74) is 9.65. The van der Waals surface area contributed by atoms with Gasteiger partial charge in [-0.2, -0.15) is 0 Å². The van der Waals surface area contributed by atoms with Crippen molar-refractivity contribution in [1.29, 1.82) is 0 Å². The second kappa shape index (κ2) is 28.5. The molecule has 78 heavy (non-hydrogen) atoms. The zero-order chi connectivity index (χ0) is 57.5. The number of nitrogens with one attached hydrogen (secondary N) is 1. The van der Waals surface area contributed by atoms with Crippen molar-refractivity contribution < 1.29 is 38.5 Å². The lowest BCUT2D eigenvalue weighted by Crippen LogP contribution is -2.58. The fourth-order valence-electron chi connectivity index (χ4n) is 8.72. The Hall–Kier alpha value is -7.92. The summed E-state index contributed by atoms with van der Waals surface area (Å²) in [5.74, 6) is -0.175. The highest BCUT2D eigenvalue weighted by atomic mass is 79.9. The quantitative estimate of drug-likeness (QED) is 0.0660. The first-order valence-corrected chi connectivity index (χ1v) is 26.2. The number of ether oxygens (including phenoxy) is 2. The molecular formula is C61H75BrN6O10. The summed E-state index contributed by atoms with van der Waals surface area (Å²) in [7, 11) is 3.13. The Bertz CT molecular complexity index is 3070. The number of nitro groups is 2. The van der Waals surface area contributed by atoms with Gasteiger partial charge in [-0.15, -0.1) is 0 Å². The predicted octanol–water partition coefficient (Wildman–Crippen LogP) is 13.9. The number of nitrogens with zero attached hydrogens (tertiary/aromatic N) is 5. The summed E-state index contributed by atoms with van der Waals surface area (Å²) in [6.07, 6.45) is 1.16. The van der Waals surface area contributed by atoms with E-state index in [0.717, 1.165) is 27.8 Å². The van der Waals surface area contributed by atoms with Crippen molar-refractivity contribution in [2.24, 2.45) is 0 Å². The van der Waals surface area contributed by atoms with E-state index in [2.05, 4.69) is 21.4 Å². The van der Waals surface area contributed by atoms with Gasteiger partial charge in [-0.25, -0.2) is 15.0 Å². The second-order valence-electron chi connectivity index (χ2n) is 20.2. The van der Waals surface area contributed by atoms with Gasteiger partial charge in [0.05, 0.1) is 47.3 Å². The van der Waals surface area contributed by atoms with Crippen molar-refractivity contribution in [3.63, 3.8) is 0 Å². The van der Waals surface area contributed by atoms with Crippen molar-refractivity contribution in [3.05, 3.63) is 208 Å². The Labute approximate surface area is 468 Å². The van der Waals surface area contributed by atoms with E-state index in [0.29, 0.717) is 68.6 Å². The van der Waals surface area contributed by atoms with Gasteiger partial charge < -0.3 is 9.47 Å². The van der Waals surface area contributed by atoms with E-state index in [1.807, 2.05) is 113 Å². The molecule has 0 aliphatic heterocycles. The molecule has 4 amide bonds. The molecule has 6 rings (SSSR count). The van der Waals surface area contributed by atoms with Crippen LogP contribution in [0.2, 0.25) is 0 Å². The fourth-order valence-corrected chi connectivity index (χ4v) is 9.20. The summed E-state index contributed by atoms with van der Waals surface area (Å²) < 4.78 is 10.9. The van der Waals surface area contributed by atoms with Crippen LogP contribution in [0.15, 0.2) is 121 Å². The molecule has 0 bridgehead atoms. The molecule has 416 valence electrons. The third-order valence-electron chi connectivity index (χ3n) is 12.1. The normalized spacial score (nSPS) is 10.8. The van der Waals surface area contributed by atoms with Crippen molar-refractivity contribution in [1.82, 2.24) is 20.5 Å².